The summed E-state index contributed by atoms with van der Waals surface area (Å²) in [5.41, 5.74) is 6.12. The van der Waals surface area contributed by atoms with E-state index in [4.69, 9.17) is 5.73 Å². The number of nitrogens with one attached hydrogen (secondary N) is 3. The van der Waals surface area contributed by atoms with Gasteiger partial charge in [-0.25, -0.2) is 4.79 Å². The van der Waals surface area contributed by atoms with Crippen LogP contribution < -0.4 is 21.7 Å². The van der Waals surface area contributed by atoms with Gasteiger partial charge in [0.2, 0.25) is 5.91 Å². The molecule has 0 saturated carbocycles. The van der Waals surface area contributed by atoms with Crippen LogP contribution in [0.25, 0.3) is 0 Å². The number of hydrogen-bond donors (Lipinski definition) is 4. The maximum absolute atomic E-state index is 12.0. The van der Waals surface area contributed by atoms with E-state index in [-0.39, 0.29) is 24.0 Å². The molecule has 0 radical (unpaired) electrons. The molecule has 0 aromatic rings. The van der Waals surface area contributed by atoms with Crippen LogP contribution in [0.15, 0.2) is 0 Å². The molecular formula is C17H36N4O2. The Morgan fingerprint density at radius 2 is 1.65 bits per heavy atom. The van der Waals surface area contributed by atoms with E-state index in [9.17, 15) is 9.59 Å². The number of carbonyl (C=O) groups is 2. The van der Waals surface area contributed by atoms with E-state index in [2.05, 4.69) is 29.8 Å². The monoisotopic (exact) mass is 328 g/mol. The molecule has 23 heavy (non-hydrogen) atoms. The third kappa shape index (κ3) is 11.9. The number of rotatable bonds is 13. The van der Waals surface area contributed by atoms with Crippen molar-refractivity contribution in [2.24, 2.45) is 5.73 Å². The van der Waals surface area contributed by atoms with Crippen molar-refractivity contribution in [1.29, 1.82) is 0 Å². The van der Waals surface area contributed by atoms with Crippen LogP contribution in [0.1, 0.15) is 72.1 Å². The van der Waals surface area contributed by atoms with Crippen molar-refractivity contribution < 1.29 is 9.59 Å². The molecule has 5 N–H and O–H groups in total. The lowest BCUT2D eigenvalue weighted by Gasteiger charge is -2.25. The number of amides is 3. The molecule has 0 aromatic heterocycles. The second-order valence-electron chi connectivity index (χ2n) is 6.03. The number of urea groups is 1. The summed E-state index contributed by atoms with van der Waals surface area (Å²) in [5, 5.41) is 8.57. The molecule has 0 bridgehead atoms. The maximum atomic E-state index is 12.0. The van der Waals surface area contributed by atoms with Gasteiger partial charge in [-0.2, -0.15) is 0 Å². The van der Waals surface area contributed by atoms with Gasteiger partial charge < -0.3 is 21.7 Å². The largest absolute Gasteiger partial charge is 0.354 e. The molecule has 0 aromatic carbocycles. The zero-order chi connectivity index (χ0) is 17.5. The van der Waals surface area contributed by atoms with Gasteiger partial charge in [0, 0.05) is 25.6 Å². The van der Waals surface area contributed by atoms with Crippen LogP contribution in [-0.4, -0.2) is 37.1 Å². The third-order valence-electron chi connectivity index (χ3n) is 3.86. The summed E-state index contributed by atoms with van der Waals surface area (Å²) in [5.74, 6) is -0.0307. The molecule has 0 aliphatic carbocycles. The van der Waals surface area contributed by atoms with Crippen LogP contribution in [-0.2, 0) is 4.79 Å². The second-order valence-corrected chi connectivity index (χ2v) is 6.03. The Labute approximate surface area is 141 Å². The number of nitrogens with two attached hydrogens (primary N) is 1. The Bertz CT molecular complexity index is 324. The molecule has 6 nitrogen and oxygen atoms in total. The van der Waals surface area contributed by atoms with Crippen LogP contribution >= 0.6 is 0 Å². The quantitative estimate of drug-likeness (QED) is 0.391. The Morgan fingerprint density at radius 1 is 0.957 bits per heavy atom. The van der Waals surface area contributed by atoms with Crippen molar-refractivity contribution in [3.05, 3.63) is 0 Å². The van der Waals surface area contributed by atoms with Gasteiger partial charge in [0.1, 0.15) is 0 Å². The van der Waals surface area contributed by atoms with Crippen LogP contribution in [0.4, 0.5) is 4.79 Å². The molecule has 0 saturated heterocycles. The summed E-state index contributed by atoms with van der Waals surface area (Å²) in [6, 6.07) is -0.610. The Hall–Kier alpha value is -1.30. The highest BCUT2D eigenvalue weighted by Crippen LogP contribution is 2.02. The molecule has 0 aliphatic rings. The van der Waals surface area contributed by atoms with E-state index in [1.807, 2.05) is 0 Å². The van der Waals surface area contributed by atoms with Crippen molar-refractivity contribution >= 4 is 11.9 Å². The van der Waals surface area contributed by atoms with Crippen molar-refractivity contribution in [2.75, 3.05) is 13.1 Å². The van der Waals surface area contributed by atoms with Crippen molar-refractivity contribution in [2.45, 2.75) is 84.2 Å². The summed E-state index contributed by atoms with van der Waals surface area (Å²) >= 11 is 0. The summed E-state index contributed by atoms with van der Waals surface area (Å²) in [4.78, 5) is 23.4. The highest BCUT2D eigenvalue weighted by atomic mass is 16.2. The molecule has 6 heteroatoms. The number of carbonyl (C=O) groups excluding carboxylic acids is 2. The van der Waals surface area contributed by atoms with Gasteiger partial charge in [-0.05, 0) is 12.8 Å². The fourth-order valence-electron chi connectivity index (χ4n) is 2.34. The number of hydrogen-bond acceptors (Lipinski definition) is 3. The summed E-state index contributed by atoms with van der Waals surface area (Å²) in [7, 11) is 0. The zero-order valence-corrected chi connectivity index (χ0v) is 15.1. The molecule has 136 valence electrons. The first-order valence-electron chi connectivity index (χ1n) is 9.11. The molecule has 0 aliphatic heterocycles. The average Bonchev–Trinajstić information content (AvgIpc) is 2.54. The molecule has 2 unspecified atom stereocenters. The highest BCUT2D eigenvalue weighted by molar-refractivity contribution is 5.76. The minimum Gasteiger partial charge on any atom is -0.354 e. The Kier molecular flexibility index (Phi) is 13.5. The fraction of sp³-hybridized carbons (Fsp3) is 0.882. The first-order valence-corrected chi connectivity index (χ1v) is 9.11. The third-order valence-corrected chi connectivity index (χ3v) is 3.86. The van der Waals surface area contributed by atoms with Crippen LogP contribution in [0.3, 0.4) is 0 Å². The Balaban J connectivity index is 4.13. The lowest BCUT2D eigenvalue weighted by molar-refractivity contribution is -0.120. The van der Waals surface area contributed by atoms with Gasteiger partial charge in [-0.15, -0.1) is 0 Å². The normalized spacial score (nSPS) is 13.2. The minimum atomic E-state index is -0.245. The van der Waals surface area contributed by atoms with E-state index >= 15 is 0 Å². The molecule has 0 spiro atoms. The predicted molar refractivity (Wildman–Crippen MR) is 95.3 cm³/mol. The van der Waals surface area contributed by atoms with Gasteiger partial charge in [-0.1, -0.05) is 52.9 Å². The van der Waals surface area contributed by atoms with E-state index < -0.39 is 0 Å². The van der Waals surface area contributed by atoms with Crippen molar-refractivity contribution in [1.82, 2.24) is 16.0 Å². The smallest absolute Gasteiger partial charge is 0.315 e. The summed E-state index contributed by atoms with van der Waals surface area (Å²) in [6.45, 7) is 7.08. The molecule has 0 heterocycles. The summed E-state index contributed by atoms with van der Waals surface area (Å²) < 4.78 is 0. The van der Waals surface area contributed by atoms with Crippen LogP contribution in [0, 0.1) is 0 Å². The predicted octanol–water partition coefficient (Wildman–Crippen LogP) is 2.28. The number of unbranched alkanes of at least 4 members (excludes halogenated alkanes) is 4. The first kappa shape index (κ1) is 21.7. The lowest BCUT2D eigenvalue weighted by Crippen LogP contribution is -2.55. The first-order chi connectivity index (χ1) is 11.0. The van der Waals surface area contributed by atoms with Crippen LogP contribution in [0.2, 0.25) is 0 Å². The molecule has 3 amide bonds. The Morgan fingerprint density at radius 3 is 2.26 bits per heavy atom. The highest BCUT2D eigenvalue weighted by Gasteiger charge is 2.19. The van der Waals surface area contributed by atoms with Gasteiger partial charge in [0.25, 0.3) is 0 Å². The fourth-order valence-corrected chi connectivity index (χ4v) is 2.34. The zero-order valence-electron chi connectivity index (χ0n) is 15.1. The van der Waals surface area contributed by atoms with Gasteiger partial charge in [0.15, 0.2) is 0 Å². The van der Waals surface area contributed by atoms with Crippen molar-refractivity contribution in [3.63, 3.8) is 0 Å². The maximum Gasteiger partial charge on any atom is 0.315 e. The standard InChI is InChI=1S/C17H36N4O2/c1-4-7-8-9-10-12-19-17(23)21-15(14(18)11-5-2)13-20-16(22)6-3/h14-15H,4-13,18H2,1-3H3,(H,20,22)(H2,19,21,23). The topological polar surface area (TPSA) is 96.2 Å². The van der Waals surface area contributed by atoms with Crippen LogP contribution in [0.5, 0.6) is 0 Å². The lowest BCUT2D eigenvalue weighted by atomic mass is 10.0. The summed E-state index contributed by atoms with van der Waals surface area (Å²) in [6.07, 6.45) is 7.99. The minimum absolute atomic E-state index is 0.0307. The second kappa shape index (κ2) is 14.3. The molecule has 0 fully saturated rings. The van der Waals surface area contributed by atoms with E-state index in [0.717, 1.165) is 25.7 Å². The van der Waals surface area contributed by atoms with Gasteiger partial charge in [0.05, 0.1) is 6.04 Å². The van der Waals surface area contributed by atoms with Gasteiger partial charge >= 0.3 is 6.03 Å². The van der Waals surface area contributed by atoms with Gasteiger partial charge in [-0.3, -0.25) is 4.79 Å². The SMILES string of the molecule is CCCCCCCNC(=O)NC(CNC(=O)CC)C(N)CCC. The van der Waals surface area contributed by atoms with E-state index in [1.54, 1.807) is 6.92 Å². The molecular weight excluding hydrogens is 292 g/mol. The average molecular weight is 329 g/mol. The van der Waals surface area contributed by atoms with E-state index in [0.29, 0.717) is 19.5 Å². The van der Waals surface area contributed by atoms with Crippen molar-refractivity contribution in [3.8, 4) is 0 Å². The molecule has 0 rings (SSSR count). The van der Waals surface area contributed by atoms with E-state index in [1.165, 1.54) is 19.3 Å². The molecule has 2 atom stereocenters.